The predicted molar refractivity (Wildman–Crippen MR) is 90.9 cm³/mol. The maximum absolute atomic E-state index is 2.52. The van der Waals surface area contributed by atoms with Gasteiger partial charge in [0, 0.05) is 0 Å². The molecular weight excluding hydrogens is 327 g/mol. The Morgan fingerprint density at radius 1 is 1.00 bits per heavy atom. The Labute approximate surface area is 131 Å². The van der Waals surface area contributed by atoms with Crippen molar-refractivity contribution in [2.24, 2.45) is 5.92 Å². The third-order valence-electron chi connectivity index (χ3n) is 3.53. The zero-order valence-corrected chi connectivity index (χ0v) is 13.9. The molecule has 0 amide bonds. The molecule has 3 rings (SSSR count). The second kappa shape index (κ2) is 7.17. The normalized spacial score (nSPS) is 20.4. The fourth-order valence-corrected chi connectivity index (χ4v) is 5.77. The Kier molecular flexibility index (Phi) is 5.02. The van der Waals surface area contributed by atoms with E-state index in [1.807, 2.05) is 0 Å². The van der Waals surface area contributed by atoms with Crippen LogP contribution in [0.4, 0.5) is 0 Å². The van der Waals surface area contributed by atoms with Gasteiger partial charge in [0.1, 0.15) is 0 Å². The standard InChI is InChI=1S/C18H18SSe/c1-3-7-15(8-4-1)11-16-12-19-13-17(16)14-20-18-9-5-2-6-10-18/h1-10,14,16H,11-13H2/b17-14+. The van der Waals surface area contributed by atoms with Gasteiger partial charge in [-0.1, -0.05) is 0 Å². The first-order chi connectivity index (χ1) is 9.92. The van der Waals surface area contributed by atoms with Gasteiger partial charge in [0.2, 0.25) is 0 Å². The molecule has 0 aliphatic carbocycles. The average Bonchev–Trinajstić information content (AvgIpc) is 2.94. The van der Waals surface area contributed by atoms with Crippen LogP contribution in [0.1, 0.15) is 5.56 Å². The van der Waals surface area contributed by atoms with Gasteiger partial charge in [0.25, 0.3) is 0 Å². The molecule has 0 bridgehead atoms. The first-order valence-corrected chi connectivity index (χ1v) is 9.94. The van der Waals surface area contributed by atoms with Gasteiger partial charge in [-0.2, -0.15) is 0 Å². The first-order valence-electron chi connectivity index (χ1n) is 6.94. The molecule has 2 heteroatoms. The van der Waals surface area contributed by atoms with Crippen molar-refractivity contribution in [3.63, 3.8) is 0 Å². The summed E-state index contributed by atoms with van der Waals surface area (Å²) in [5.41, 5.74) is 3.14. The van der Waals surface area contributed by atoms with Crippen molar-refractivity contribution in [1.29, 1.82) is 0 Å². The van der Waals surface area contributed by atoms with Crippen LogP contribution < -0.4 is 4.46 Å². The van der Waals surface area contributed by atoms with Crippen molar-refractivity contribution >= 4 is 31.2 Å². The minimum absolute atomic E-state index is 0.483. The van der Waals surface area contributed by atoms with Gasteiger partial charge < -0.3 is 0 Å². The summed E-state index contributed by atoms with van der Waals surface area (Å²) in [6.45, 7) is 0. The summed E-state index contributed by atoms with van der Waals surface area (Å²) in [4.78, 5) is 2.52. The van der Waals surface area contributed by atoms with Gasteiger partial charge in [-0.15, -0.1) is 0 Å². The molecular formula is C18H18SSe. The molecule has 0 saturated carbocycles. The first kappa shape index (κ1) is 14.0. The minimum atomic E-state index is 0.483. The van der Waals surface area contributed by atoms with Crippen LogP contribution in [0.25, 0.3) is 0 Å². The molecule has 0 N–H and O–H groups in total. The molecule has 1 saturated heterocycles. The molecule has 0 radical (unpaired) electrons. The molecule has 2 aromatic rings. The number of benzene rings is 2. The van der Waals surface area contributed by atoms with Crippen molar-refractivity contribution in [2.45, 2.75) is 6.42 Å². The molecule has 20 heavy (non-hydrogen) atoms. The number of thioether (sulfide) groups is 1. The molecule has 0 aromatic heterocycles. The fraction of sp³-hybridized carbons (Fsp3) is 0.222. The van der Waals surface area contributed by atoms with E-state index in [9.17, 15) is 0 Å². The SMILES string of the molecule is C(/[Se]c1ccccc1)=C1/CSCC1Cc1ccccc1. The van der Waals surface area contributed by atoms with E-state index in [2.05, 4.69) is 77.4 Å². The van der Waals surface area contributed by atoms with E-state index in [-0.39, 0.29) is 0 Å². The molecule has 1 aliphatic heterocycles. The van der Waals surface area contributed by atoms with Gasteiger partial charge in [-0.05, 0) is 0 Å². The number of hydrogen-bond donors (Lipinski definition) is 0. The van der Waals surface area contributed by atoms with Crippen LogP contribution in [0.15, 0.2) is 71.2 Å². The molecule has 1 unspecified atom stereocenters. The van der Waals surface area contributed by atoms with Crippen LogP contribution in [0.2, 0.25) is 0 Å². The Hall–Kier alpha value is -0.951. The van der Waals surface area contributed by atoms with Crippen LogP contribution in [-0.2, 0) is 6.42 Å². The Morgan fingerprint density at radius 3 is 2.45 bits per heavy atom. The van der Waals surface area contributed by atoms with Crippen molar-refractivity contribution in [3.8, 4) is 0 Å². The van der Waals surface area contributed by atoms with Crippen molar-refractivity contribution in [3.05, 3.63) is 76.8 Å². The van der Waals surface area contributed by atoms with Crippen LogP contribution in [0.5, 0.6) is 0 Å². The van der Waals surface area contributed by atoms with E-state index in [0.717, 1.165) is 5.92 Å². The molecule has 1 atom stereocenters. The van der Waals surface area contributed by atoms with Crippen LogP contribution in [0, 0.1) is 5.92 Å². The molecule has 1 heterocycles. The Bertz CT molecular complexity index is 562. The van der Waals surface area contributed by atoms with Crippen molar-refractivity contribution in [2.75, 3.05) is 11.5 Å². The molecule has 1 fully saturated rings. The quantitative estimate of drug-likeness (QED) is 0.765. The van der Waals surface area contributed by atoms with E-state index in [0.29, 0.717) is 15.0 Å². The summed E-state index contributed by atoms with van der Waals surface area (Å²) < 4.78 is 1.47. The summed E-state index contributed by atoms with van der Waals surface area (Å²) in [7, 11) is 0. The summed E-state index contributed by atoms with van der Waals surface area (Å²) in [6.07, 6.45) is 1.20. The van der Waals surface area contributed by atoms with Crippen molar-refractivity contribution < 1.29 is 0 Å². The summed E-state index contributed by atoms with van der Waals surface area (Å²) in [5, 5.41) is 0. The van der Waals surface area contributed by atoms with Gasteiger partial charge >= 0.3 is 132 Å². The third kappa shape index (κ3) is 3.79. The van der Waals surface area contributed by atoms with Gasteiger partial charge in [-0.25, -0.2) is 0 Å². The zero-order valence-electron chi connectivity index (χ0n) is 11.4. The molecule has 0 nitrogen and oxygen atoms in total. The number of rotatable bonds is 4. The van der Waals surface area contributed by atoms with Crippen LogP contribution >= 0.6 is 11.8 Å². The number of hydrogen-bond acceptors (Lipinski definition) is 1. The van der Waals surface area contributed by atoms with Gasteiger partial charge in [-0.3, -0.25) is 0 Å². The van der Waals surface area contributed by atoms with Crippen LogP contribution in [0.3, 0.4) is 0 Å². The summed E-state index contributed by atoms with van der Waals surface area (Å²) in [6, 6.07) is 21.8. The van der Waals surface area contributed by atoms with E-state index >= 15 is 0 Å². The fourth-order valence-electron chi connectivity index (χ4n) is 2.41. The predicted octanol–water partition coefficient (Wildman–Crippen LogP) is 3.51. The molecule has 1 aliphatic rings. The zero-order chi connectivity index (χ0) is 13.6. The Balaban J connectivity index is 1.66. The monoisotopic (exact) mass is 346 g/mol. The Morgan fingerprint density at radius 2 is 1.70 bits per heavy atom. The van der Waals surface area contributed by atoms with E-state index in [4.69, 9.17) is 0 Å². The van der Waals surface area contributed by atoms with Crippen molar-refractivity contribution in [1.82, 2.24) is 0 Å². The molecule has 2 aromatic carbocycles. The topological polar surface area (TPSA) is 0 Å². The molecule has 102 valence electrons. The van der Waals surface area contributed by atoms with E-state index in [1.54, 1.807) is 5.57 Å². The third-order valence-corrected chi connectivity index (χ3v) is 6.73. The second-order valence-electron chi connectivity index (χ2n) is 5.03. The van der Waals surface area contributed by atoms with E-state index < -0.39 is 0 Å². The summed E-state index contributed by atoms with van der Waals surface area (Å²) >= 11 is 2.57. The average molecular weight is 345 g/mol. The van der Waals surface area contributed by atoms with Gasteiger partial charge in [0.15, 0.2) is 0 Å². The molecule has 0 spiro atoms. The maximum atomic E-state index is 2.52. The summed E-state index contributed by atoms with van der Waals surface area (Å²) in [5.74, 6) is 3.26. The second-order valence-corrected chi connectivity index (χ2v) is 8.03. The van der Waals surface area contributed by atoms with Gasteiger partial charge in [0.05, 0.1) is 0 Å². The van der Waals surface area contributed by atoms with Crippen LogP contribution in [-0.4, -0.2) is 26.5 Å². The van der Waals surface area contributed by atoms with E-state index in [1.165, 1.54) is 28.0 Å².